The lowest BCUT2D eigenvalue weighted by atomic mass is 10.1. The molecule has 0 unspecified atom stereocenters. The Morgan fingerprint density at radius 1 is 0.935 bits per heavy atom. The zero-order valence-corrected chi connectivity index (χ0v) is 18.3. The number of benzene rings is 2. The van der Waals surface area contributed by atoms with E-state index >= 15 is 0 Å². The molecule has 0 aliphatic carbocycles. The zero-order valence-electron chi connectivity index (χ0n) is 16.0. The average molecular weight is 475 g/mol. The highest BCUT2D eigenvalue weighted by Crippen LogP contribution is 2.31. The molecule has 0 bridgehead atoms. The lowest BCUT2D eigenvalue weighted by molar-refractivity contribution is -0.122. The molecule has 4 rings (SSSR count). The normalized spacial score (nSPS) is 15.5. The standard InChI is InChI=1S/C22H14Cl3N3O3/c1-12-4-6-15(11-17(12)24)27-8-2-3-14(27)10-16-20(29)26-22(31)28(21(16)30)19-7-5-13(23)9-18(19)25/h2-11H,1H3,(H,26,29,31)/b16-10+. The third kappa shape index (κ3) is 3.97. The van der Waals surface area contributed by atoms with Crippen LogP contribution < -0.4 is 10.2 Å². The maximum absolute atomic E-state index is 13.1. The first kappa shape index (κ1) is 21.2. The van der Waals surface area contributed by atoms with Crippen molar-refractivity contribution in [3.05, 3.63) is 86.6 Å². The van der Waals surface area contributed by atoms with Crippen molar-refractivity contribution in [1.82, 2.24) is 9.88 Å². The van der Waals surface area contributed by atoms with Crippen molar-refractivity contribution in [1.29, 1.82) is 0 Å². The van der Waals surface area contributed by atoms with Gasteiger partial charge >= 0.3 is 6.03 Å². The van der Waals surface area contributed by atoms with E-state index in [1.807, 2.05) is 19.1 Å². The first-order valence-electron chi connectivity index (χ1n) is 9.06. The molecule has 3 aromatic rings. The second-order valence-electron chi connectivity index (χ2n) is 6.79. The largest absolute Gasteiger partial charge is 0.335 e. The van der Waals surface area contributed by atoms with Gasteiger partial charge in [0.1, 0.15) is 5.57 Å². The third-order valence-corrected chi connectivity index (χ3v) is 5.70. The predicted molar refractivity (Wildman–Crippen MR) is 121 cm³/mol. The average Bonchev–Trinajstić information content (AvgIpc) is 3.17. The Bertz CT molecular complexity index is 1280. The number of amides is 4. The number of nitrogens with zero attached hydrogens (tertiary/aromatic N) is 2. The van der Waals surface area contributed by atoms with E-state index in [0.29, 0.717) is 15.7 Å². The summed E-state index contributed by atoms with van der Waals surface area (Å²) >= 11 is 18.3. The van der Waals surface area contributed by atoms with Gasteiger partial charge in [0, 0.05) is 27.6 Å². The number of rotatable bonds is 3. The SMILES string of the molecule is Cc1ccc(-n2cccc2/C=C2\C(=O)NC(=O)N(c3ccc(Cl)cc3Cl)C2=O)cc1Cl. The lowest BCUT2D eigenvalue weighted by Crippen LogP contribution is -2.54. The summed E-state index contributed by atoms with van der Waals surface area (Å²) in [6.45, 7) is 1.89. The molecule has 1 aliphatic rings. The van der Waals surface area contributed by atoms with Gasteiger partial charge in [-0.1, -0.05) is 40.9 Å². The fourth-order valence-corrected chi connectivity index (χ4v) is 3.83. The van der Waals surface area contributed by atoms with Crippen LogP contribution in [0.2, 0.25) is 15.1 Å². The number of carbonyl (C=O) groups is 3. The first-order valence-corrected chi connectivity index (χ1v) is 10.2. The van der Waals surface area contributed by atoms with Crippen LogP contribution in [0.4, 0.5) is 10.5 Å². The smallest absolute Gasteiger partial charge is 0.317 e. The van der Waals surface area contributed by atoms with Crippen LogP contribution in [0.1, 0.15) is 11.3 Å². The van der Waals surface area contributed by atoms with Gasteiger partial charge in [0.05, 0.1) is 10.7 Å². The Labute approximate surface area is 192 Å². The number of nitrogens with one attached hydrogen (secondary N) is 1. The van der Waals surface area contributed by atoms with Crippen molar-refractivity contribution < 1.29 is 14.4 Å². The van der Waals surface area contributed by atoms with Gasteiger partial charge in [-0.15, -0.1) is 0 Å². The fraction of sp³-hybridized carbons (Fsp3) is 0.0455. The summed E-state index contributed by atoms with van der Waals surface area (Å²) in [7, 11) is 0. The van der Waals surface area contributed by atoms with Gasteiger partial charge in [-0.25, -0.2) is 9.69 Å². The summed E-state index contributed by atoms with van der Waals surface area (Å²) < 4.78 is 1.77. The van der Waals surface area contributed by atoms with Gasteiger partial charge in [-0.3, -0.25) is 14.9 Å². The van der Waals surface area contributed by atoms with Crippen LogP contribution >= 0.6 is 34.8 Å². The number of imide groups is 2. The molecule has 2 aromatic carbocycles. The minimum atomic E-state index is -0.892. The molecule has 31 heavy (non-hydrogen) atoms. The molecule has 1 aliphatic heterocycles. The Hall–Kier alpha value is -3.06. The van der Waals surface area contributed by atoms with E-state index in [4.69, 9.17) is 34.8 Å². The summed E-state index contributed by atoms with van der Waals surface area (Å²) in [5, 5.41) is 3.21. The molecule has 1 fully saturated rings. The van der Waals surface area contributed by atoms with E-state index in [2.05, 4.69) is 5.32 Å². The van der Waals surface area contributed by atoms with E-state index in [9.17, 15) is 14.4 Å². The Balaban J connectivity index is 1.77. The minimum absolute atomic E-state index is 0.0994. The predicted octanol–water partition coefficient (Wildman–Crippen LogP) is 5.41. The molecule has 0 saturated carbocycles. The Morgan fingerprint density at radius 3 is 2.42 bits per heavy atom. The molecule has 156 valence electrons. The van der Waals surface area contributed by atoms with Crippen molar-refractivity contribution in [2.75, 3.05) is 4.90 Å². The summed E-state index contributed by atoms with van der Waals surface area (Å²) in [6.07, 6.45) is 3.19. The quantitative estimate of drug-likeness (QED) is 0.407. The van der Waals surface area contributed by atoms with Crippen molar-refractivity contribution in [3.63, 3.8) is 0 Å². The number of aryl methyl sites for hydroxylation is 1. The van der Waals surface area contributed by atoms with Gasteiger partial charge in [0.2, 0.25) is 0 Å². The molecular formula is C22H14Cl3N3O3. The second kappa shape index (κ2) is 8.23. The van der Waals surface area contributed by atoms with E-state index in [0.717, 1.165) is 16.2 Å². The first-order chi connectivity index (χ1) is 14.8. The summed E-state index contributed by atoms with van der Waals surface area (Å²) in [4.78, 5) is 38.8. The van der Waals surface area contributed by atoms with Crippen LogP contribution in [-0.4, -0.2) is 22.4 Å². The van der Waals surface area contributed by atoms with Crippen molar-refractivity contribution in [2.24, 2.45) is 0 Å². The molecule has 4 amide bonds. The topological polar surface area (TPSA) is 71.4 Å². The van der Waals surface area contributed by atoms with Crippen LogP contribution in [-0.2, 0) is 9.59 Å². The molecule has 0 radical (unpaired) electrons. The number of carbonyl (C=O) groups excluding carboxylic acids is 3. The zero-order chi connectivity index (χ0) is 22.3. The van der Waals surface area contributed by atoms with Crippen molar-refractivity contribution in [2.45, 2.75) is 6.92 Å². The lowest BCUT2D eigenvalue weighted by Gasteiger charge is -2.27. The molecule has 9 heteroatoms. The molecule has 6 nitrogen and oxygen atoms in total. The molecule has 1 aromatic heterocycles. The molecular weight excluding hydrogens is 461 g/mol. The maximum atomic E-state index is 13.1. The van der Waals surface area contributed by atoms with Gasteiger partial charge in [-0.2, -0.15) is 0 Å². The van der Waals surface area contributed by atoms with Gasteiger partial charge in [0.25, 0.3) is 11.8 Å². The van der Waals surface area contributed by atoms with E-state index < -0.39 is 17.8 Å². The second-order valence-corrected chi connectivity index (χ2v) is 8.04. The highest BCUT2D eigenvalue weighted by molar-refractivity contribution is 6.42. The van der Waals surface area contributed by atoms with Crippen molar-refractivity contribution in [3.8, 4) is 5.69 Å². The monoisotopic (exact) mass is 473 g/mol. The van der Waals surface area contributed by atoms with Gasteiger partial charge in [0.15, 0.2) is 0 Å². The molecule has 2 heterocycles. The van der Waals surface area contributed by atoms with E-state index in [1.54, 1.807) is 29.0 Å². The van der Waals surface area contributed by atoms with Gasteiger partial charge < -0.3 is 4.57 Å². The number of anilines is 1. The van der Waals surface area contributed by atoms with Crippen molar-refractivity contribution >= 4 is 64.4 Å². The van der Waals surface area contributed by atoms with E-state index in [1.165, 1.54) is 24.3 Å². The molecule has 1 N–H and O–H groups in total. The highest BCUT2D eigenvalue weighted by atomic mass is 35.5. The Kier molecular flexibility index (Phi) is 5.62. The molecule has 1 saturated heterocycles. The Morgan fingerprint density at radius 2 is 1.71 bits per heavy atom. The van der Waals surface area contributed by atoms with Crippen LogP contribution in [0.15, 0.2) is 60.3 Å². The number of urea groups is 1. The third-order valence-electron chi connectivity index (χ3n) is 4.76. The summed E-state index contributed by atoms with van der Waals surface area (Å²) in [6, 6.07) is 12.5. The van der Waals surface area contributed by atoms with Crippen LogP contribution in [0.5, 0.6) is 0 Å². The highest BCUT2D eigenvalue weighted by Gasteiger charge is 2.37. The summed E-state index contributed by atoms with van der Waals surface area (Å²) in [5.41, 5.74) is 2.13. The van der Waals surface area contributed by atoms with Gasteiger partial charge in [-0.05, 0) is 61.0 Å². The molecule has 0 spiro atoms. The number of barbiturate groups is 1. The number of hydrogen-bond donors (Lipinski definition) is 1. The number of halogens is 3. The fourth-order valence-electron chi connectivity index (χ4n) is 3.17. The van der Waals surface area contributed by atoms with E-state index in [-0.39, 0.29) is 16.3 Å². The summed E-state index contributed by atoms with van der Waals surface area (Å²) in [5.74, 6) is -1.60. The van der Waals surface area contributed by atoms with Crippen LogP contribution in [0.3, 0.4) is 0 Å². The van der Waals surface area contributed by atoms with Crippen LogP contribution in [0.25, 0.3) is 11.8 Å². The maximum Gasteiger partial charge on any atom is 0.335 e. The van der Waals surface area contributed by atoms with Crippen LogP contribution in [0, 0.1) is 6.92 Å². The molecule has 0 atom stereocenters. The minimum Gasteiger partial charge on any atom is -0.317 e. The number of hydrogen-bond acceptors (Lipinski definition) is 3. The number of aromatic nitrogens is 1.